The first-order valence-electron chi connectivity index (χ1n) is 2.77. The van der Waals surface area contributed by atoms with Gasteiger partial charge in [-0.05, 0) is 13.8 Å². The van der Waals surface area contributed by atoms with E-state index in [1.54, 1.807) is 13.8 Å². The molecule has 0 aliphatic carbocycles. The van der Waals surface area contributed by atoms with Crippen molar-refractivity contribution in [1.29, 1.82) is 0 Å². The van der Waals surface area contributed by atoms with Crippen molar-refractivity contribution in [2.75, 3.05) is 0 Å². The van der Waals surface area contributed by atoms with Crippen LogP contribution in [0.25, 0.3) is 0 Å². The fourth-order valence-electron chi connectivity index (χ4n) is 0.642. The fourth-order valence-corrected chi connectivity index (χ4v) is 0.892. The molecule has 0 atom stereocenters. The van der Waals surface area contributed by atoms with Gasteiger partial charge in [0.15, 0.2) is 0 Å². The van der Waals surface area contributed by atoms with Crippen molar-refractivity contribution in [2.45, 2.75) is 19.4 Å². The summed E-state index contributed by atoms with van der Waals surface area (Å²) in [7, 11) is 0. The van der Waals surface area contributed by atoms with Crippen LogP contribution in [-0.2, 0) is 4.79 Å². The molecule has 0 aromatic rings. The first-order valence-corrected chi connectivity index (χ1v) is 3.48. The van der Waals surface area contributed by atoms with Crippen molar-refractivity contribution in [1.82, 2.24) is 9.24 Å². The third-order valence-corrected chi connectivity index (χ3v) is 2.65. The van der Waals surface area contributed by atoms with Crippen LogP contribution in [0, 0.1) is 0 Å². The van der Waals surface area contributed by atoms with Gasteiger partial charge in [0.2, 0.25) is 0 Å². The van der Waals surface area contributed by atoms with E-state index in [-0.39, 0.29) is 36.9 Å². The summed E-state index contributed by atoms with van der Waals surface area (Å²) in [5, 5.41) is 2.16. The summed E-state index contributed by atoms with van der Waals surface area (Å²) >= 11 is 2.97. The van der Waals surface area contributed by atoms with Gasteiger partial charge < -0.3 is 1.43 Å². The molecule has 0 radical (unpaired) electrons. The molecule has 1 fully saturated rings. The van der Waals surface area contributed by atoms with E-state index in [9.17, 15) is 9.59 Å². The molecular weight excluding hydrogens is 223 g/mol. The molecule has 0 unspecified atom stereocenters. The number of nitrogens with zero attached hydrogens (tertiary/aromatic N) is 1. The first-order chi connectivity index (χ1) is 4.46. The number of carbonyl (C=O) groups is 2. The third kappa shape index (κ3) is 1.77. The van der Waals surface area contributed by atoms with Crippen LogP contribution in [0.3, 0.4) is 0 Å². The second-order valence-corrected chi connectivity index (χ2v) is 3.31. The fraction of sp³-hybridized carbons (Fsp3) is 0.600. The third-order valence-electron chi connectivity index (χ3n) is 1.45. The number of hydrogen-bond acceptors (Lipinski definition) is 2. The molecule has 0 spiro atoms. The van der Waals surface area contributed by atoms with Gasteiger partial charge in [-0.1, -0.05) is 0 Å². The monoisotopic (exact) mass is 230 g/mol. The van der Waals surface area contributed by atoms with Gasteiger partial charge in [0.25, 0.3) is 5.91 Å². The molecule has 4 nitrogen and oxygen atoms in total. The van der Waals surface area contributed by atoms with E-state index in [4.69, 9.17) is 0 Å². The van der Waals surface area contributed by atoms with Crippen LogP contribution in [0.2, 0.25) is 0 Å². The number of amides is 3. The first kappa shape index (κ1) is 11.4. The average Bonchev–Trinajstić information content (AvgIpc) is 1.97. The molecule has 1 aliphatic rings. The second kappa shape index (κ2) is 3.43. The quantitative estimate of drug-likeness (QED) is 0.290. The largest absolute Gasteiger partial charge is 1.00 e. The molecule has 6 heteroatoms. The molecule has 0 saturated carbocycles. The van der Waals surface area contributed by atoms with E-state index >= 15 is 0 Å². The summed E-state index contributed by atoms with van der Waals surface area (Å²) in [4.78, 5) is 21.7. The number of rotatable bonds is 0. The van der Waals surface area contributed by atoms with Crippen LogP contribution in [0.4, 0.5) is 4.79 Å². The van der Waals surface area contributed by atoms with Gasteiger partial charge in [0.05, 0.1) is 16.1 Å². The van der Waals surface area contributed by atoms with Gasteiger partial charge in [0.1, 0.15) is 5.54 Å². The molecule has 1 aliphatic heterocycles. The minimum absolute atomic E-state index is 0. The Morgan fingerprint density at radius 2 is 2.00 bits per heavy atom. The van der Waals surface area contributed by atoms with Gasteiger partial charge in [-0.2, -0.15) is 0 Å². The van der Waals surface area contributed by atoms with Crippen molar-refractivity contribution >= 4 is 28.1 Å². The van der Waals surface area contributed by atoms with E-state index in [1.165, 1.54) is 3.93 Å². The summed E-state index contributed by atoms with van der Waals surface area (Å²) in [6, 6.07) is -0.407. The Balaban J connectivity index is 0. The van der Waals surface area contributed by atoms with Gasteiger partial charge in [-0.25, -0.2) is 8.72 Å². The molecule has 1 N–H and O–H groups in total. The van der Waals surface area contributed by atoms with E-state index in [0.717, 1.165) is 0 Å². The summed E-state index contributed by atoms with van der Waals surface area (Å²) in [6.07, 6.45) is 0. The Labute approximate surface area is 96.8 Å². The molecule has 58 valence electrons. The summed E-state index contributed by atoms with van der Waals surface area (Å²) < 4.78 is 1.20. The van der Waals surface area contributed by atoms with Crippen LogP contribution < -0.4 is 34.9 Å². The maximum absolute atomic E-state index is 10.9. The van der Waals surface area contributed by atoms with Crippen molar-refractivity contribution < 1.29 is 40.6 Å². The standard InChI is InChI=1S/C5H7BrN2O2.Na.H/c1-5(2)3(9)7-4(10)8(5)6;;/h1-2H3,(H,7,9,10);;/q;+1;-1. The van der Waals surface area contributed by atoms with E-state index in [0.29, 0.717) is 0 Å². The van der Waals surface area contributed by atoms with Crippen LogP contribution in [-0.4, -0.2) is 21.4 Å². The van der Waals surface area contributed by atoms with Gasteiger partial charge in [-0.15, -0.1) is 0 Å². The predicted octanol–water partition coefficient (Wildman–Crippen LogP) is -2.26. The maximum atomic E-state index is 10.9. The minimum atomic E-state index is -0.767. The molecule has 0 bridgehead atoms. The van der Waals surface area contributed by atoms with Crippen molar-refractivity contribution in [3.63, 3.8) is 0 Å². The Kier molecular flexibility index (Phi) is 3.56. The minimum Gasteiger partial charge on any atom is -1.00 e. The molecule has 1 saturated heterocycles. The van der Waals surface area contributed by atoms with Crippen LogP contribution >= 0.6 is 16.1 Å². The van der Waals surface area contributed by atoms with Gasteiger partial charge >= 0.3 is 35.6 Å². The number of urea groups is 1. The zero-order chi connectivity index (χ0) is 7.94. The Morgan fingerprint density at radius 1 is 1.55 bits per heavy atom. The topological polar surface area (TPSA) is 49.4 Å². The number of nitrogens with one attached hydrogen (secondary N) is 1. The zero-order valence-electron chi connectivity index (χ0n) is 7.64. The van der Waals surface area contributed by atoms with Crippen molar-refractivity contribution in [3.05, 3.63) is 0 Å². The average molecular weight is 231 g/mol. The number of hydrogen-bond donors (Lipinski definition) is 1. The molecule has 1 rings (SSSR count). The molecule has 1 heterocycles. The zero-order valence-corrected chi connectivity index (χ0v) is 10.2. The smallest absolute Gasteiger partial charge is 1.00 e. The van der Waals surface area contributed by atoms with Crippen molar-refractivity contribution in [2.24, 2.45) is 0 Å². The second-order valence-electron chi connectivity index (χ2n) is 2.60. The number of imide groups is 1. The Morgan fingerprint density at radius 3 is 2.09 bits per heavy atom. The molecular formula is C5H8BrN2NaO2. The SMILES string of the molecule is CC1(C)C(=O)NC(=O)N1Br.[H-].[Na+]. The normalized spacial score (nSPS) is 21.2. The maximum Gasteiger partial charge on any atom is 1.00 e. The van der Waals surface area contributed by atoms with Crippen molar-refractivity contribution in [3.8, 4) is 0 Å². The predicted molar refractivity (Wildman–Crippen MR) is 39.5 cm³/mol. The van der Waals surface area contributed by atoms with E-state index < -0.39 is 11.6 Å². The number of carbonyl (C=O) groups excluding carboxylic acids is 2. The molecule has 11 heavy (non-hydrogen) atoms. The van der Waals surface area contributed by atoms with Crippen LogP contribution in [0.15, 0.2) is 0 Å². The van der Waals surface area contributed by atoms with Gasteiger partial charge in [-0.3, -0.25) is 10.1 Å². The number of halogens is 1. The molecule has 3 amide bonds. The summed E-state index contributed by atoms with van der Waals surface area (Å²) in [5.41, 5.74) is -0.767. The molecule has 0 aromatic carbocycles. The van der Waals surface area contributed by atoms with E-state index in [1.807, 2.05) is 0 Å². The summed E-state index contributed by atoms with van der Waals surface area (Å²) in [5.74, 6) is -0.283. The van der Waals surface area contributed by atoms with Gasteiger partial charge in [0, 0.05) is 0 Å². The summed E-state index contributed by atoms with van der Waals surface area (Å²) in [6.45, 7) is 3.31. The Hall–Kier alpha value is 0.420. The van der Waals surface area contributed by atoms with Crippen LogP contribution in [0.1, 0.15) is 15.3 Å². The Bertz CT molecular complexity index is 212. The molecule has 0 aromatic heterocycles. The van der Waals surface area contributed by atoms with E-state index in [2.05, 4.69) is 21.5 Å². The van der Waals surface area contributed by atoms with Crippen LogP contribution in [0.5, 0.6) is 0 Å².